The second-order valence-electron chi connectivity index (χ2n) is 9.74. The van der Waals surface area contributed by atoms with Gasteiger partial charge < -0.3 is 19.7 Å². The average molecular weight is 514 g/mol. The van der Waals surface area contributed by atoms with Crippen LogP contribution < -0.4 is 19.7 Å². The van der Waals surface area contributed by atoms with E-state index in [0.717, 1.165) is 71.3 Å². The van der Waals surface area contributed by atoms with E-state index in [0.29, 0.717) is 24.9 Å². The fourth-order valence-electron chi connectivity index (χ4n) is 4.56. The molecule has 0 aliphatic carbocycles. The third-order valence-corrected chi connectivity index (χ3v) is 6.51. The van der Waals surface area contributed by atoms with E-state index in [9.17, 15) is 0 Å². The molecule has 0 radical (unpaired) electrons. The van der Waals surface area contributed by atoms with Crippen molar-refractivity contribution >= 4 is 34.6 Å². The van der Waals surface area contributed by atoms with Crippen LogP contribution in [0, 0.1) is 12.8 Å². The number of nitrogens with one attached hydrogen (secondary N) is 1. The average Bonchev–Trinajstić information content (AvgIpc) is 3.07. The predicted octanol–water partition coefficient (Wildman–Crippen LogP) is 5.81. The highest BCUT2D eigenvalue weighted by Crippen LogP contribution is 2.35. The lowest BCUT2D eigenvalue weighted by Crippen LogP contribution is -2.30. The molecule has 2 aliphatic heterocycles. The van der Waals surface area contributed by atoms with Crippen molar-refractivity contribution < 1.29 is 9.47 Å². The Bertz CT molecular complexity index is 1380. The molecule has 2 aromatic heterocycles. The SMILES string of the molecule is C/C=N\N1C=CC(Oc2ccc(Nc3ncnc4cc5c(nc34)N(CCCC)CC(C)CO5)cc2C)=CC1. The van der Waals surface area contributed by atoms with Crippen molar-refractivity contribution in [3.63, 3.8) is 0 Å². The van der Waals surface area contributed by atoms with E-state index in [1.54, 1.807) is 12.5 Å². The van der Waals surface area contributed by atoms with Crippen LogP contribution in [-0.4, -0.2) is 52.4 Å². The van der Waals surface area contributed by atoms with Crippen LogP contribution in [0.3, 0.4) is 0 Å². The standard InChI is InChI=1S/C29H35N7O2/c1-5-7-12-35-17-20(3)18-37-26-16-24-27(34-29(26)35)28(31-19-30-24)33-22-8-9-25(21(4)15-22)38-23-10-13-36(14-11-23)32-6-2/h6,8-11,13,15-16,19-20H,5,7,12,14,17-18H2,1-4H3,(H,30,31,33)/b32-6-. The maximum Gasteiger partial charge on any atom is 0.172 e. The Balaban J connectivity index is 1.38. The van der Waals surface area contributed by atoms with Crippen LogP contribution in [0.2, 0.25) is 0 Å². The maximum absolute atomic E-state index is 6.13. The third kappa shape index (κ3) is 5.72. The Morgan fingerprint density at radius 2 is 2.16 bits per heavy atom. The van der Waals surface area contributed by atoms with Crippen molar-refractivity contribution in [2.75, 3.05) is 36.5 Å². The molecule has 1 atom stereocenters. The molecule has 0 spiro atoms. The summed E-state index contributed by atoms with van der Waals surface area (Å²) in [5, 5.41) is 9.55. The first-order chi connectivity index (χ1) is 18.5. The molecule has 0 saturated heterocycles. The van der Waals surface area contributed by atoms with Gasteiger partial charge in [-0.05, 0) is 56.2 Å². The molecule has 1 aromatic carbocycles. The number of ether oxygens (including phenoxy) is 2. The van der Waals surface area contributed by atoms with Gasteiger partial charge in [0.25, 0.3) is 0 Å². The molecule has 198 valence electrons. The Kier molecular flexibility index (Phi) is 7.72. The lowest BCUT2D eigenvalue weighted by atomic mass is 10.2. The number of anilines is 3. The van der Waals surface area contributed by atoms with Gasteiger partial charge in [0.05, 0.1) is 18.7 Å². The maximum atomic E-state index is 6.13. The topological polar surface area (TPSA) is 88.0 Å². The van der Waals surface area contributed by atoms with E-state index < -0.39 is 0 Å². The van der Waals surface area contributed by atoms with Crippen molar-refractivity contribution in [2.24, 2.45) is 11.0 Å². The van der Waals surface area contributed by atoms with Crippen molar-refractivity contribution in [3.05, 3.63) is 60.3 Å². The summed E-state index contributed by atoms with van der Waals surface area (Å²) in [5.74, 6) is 4.33. The first kappa shape index (κ1) is 25.5. The minimum atomic E-state index is 0.417. The molecule has 0 amide bonds. The largest absolute Gasteiger partial charge is 0.489 e. The fraction of sp³-hybridized carbons (Fsp3) is 0.379. The second-order valence-corrected chi connectivity index (χ2v) is 9.74. The number of rotatable bonds is 8. The van der Waals surface area contributed by atoms with Gasteiger partial charge in [0.2, 0.25) is 0 Å². The zero-order valence-electron chi connectivity index (χ0n) is 22.5. The van der Waals surface area contributed by atoms with Crippen molar-refractivity contribution in [3.8, 4) is 11.5 Å². The van der Waals surface area contributed by atoms with Crippen LogP contribution in [-0.2, 0) is 0 Å². The van der Waals surface area contributed by atoms with Gasteiger partial charge >= 0.3 is 0 Å². The summed E-state index contributed by atoms with van der Waals surface area (Å²) in [6, 6.07) is 7.99. The van der Waals surface area contributed by atoms with Crippen molar-refractivity contribution in [1.29, 1.82) is 0 Å². The number of hydrogen-bond donors (Lipinski definition) is 1. The van der Waals surface area contributed by atoms with E-state index in [1.807, 2.05) is 61.5 Å². The zero-order chi connectivity index (χ0) is 26.5. The number of fused-ring (bicyclic) bond motifs is 2. The van der Waals surface area contributed by atoms with Gasteiger partial charge in [-0.2, -0.15) is 5.10 Å². The molecule has 1 unspecified atom stereocenters. The number of unbranched alkanes of at least 4 members (excludes halogenated alkanes) is 1. The van der Waals surface area contributed by atoms with E-state index in [4.69, 9.17) is 14.5 Å². The van der Waals surface area contributed by atoms with E-state index in [1.165, 1.54) is 0 Å². The predicted molar refractivity (Wildman–Crippen MR) is 152 cm³/mol. The molecule has 0 bridgehead atoms. The van der Waals surface area contributed by atoms with E-state index in [2.05, 4.69) is 39.1 Å². The number of aryl methyl sites for hydroxylation is 1. The van der Waals surface area contributed by atoms with Gasteiger partial charge in [0.15, 0.2) is 17.4 Å². The van der Waals surface area contributed by atoms with Crippen LogP contribution in [0.5, 0.6) is 11.5 Å². The molecule has 5 rings (SSSR count). The molecular formula is C29H35N7O2. The van der Waals surface area contributed by atoms with Crippen LogP contribution in [0.15, 0.2) is 59.8 Å². The summed E-state index contributed by atoms with van der Waals surface area (Å²) in [6.07, 6.45) is 11.4. The molecule has 9 nitrogen and oxygen atoms in total. The van der Waals surface area contributed by atoms with Crippen LogP contribution in [0.4, 0.5) is 17.3 Å². The summed E-state index contributed by atoms with van der Waals surface area (Å²) in [6.45, 7) is 11.6. The smallest absolute Gasteiger partial charge is 0.172 e. The Morgan fingerprint density at radius 1 is 1.26 bits per heavy atom. The Labute approximate surface area is 223 Å². The van der Waals surface area contributed by atoms with Crippen molar-refractivity contribution in [1.82, 2.24) is 20.0 Å². The van der Waals surface area contributed by atoms with Gasteiger partial charge in [0, 0.05) is 43.2 Å². The van der Waals surface area contributed by atoms with Crippen LogP contribution in [0.25, 0.3) is 11.0 Å². The summed E-state index contributed by atoms with van der Waals surface area (Å²) in [7, 11) is 0. The van der Waals surface area contributed by atoms with Gasteiger partial charge in [0.1, 0.15) is 23.4 Å². The quantitative estimate of drug-likeness (QED) is 0.378. The van der Waals surface area contributed by atoms with E-state index >= 15 is 0 Å². The minimum Gasteiger partial charge on any atom is -0.489 e. The number of allylic oxidation sites excluding steroid dienone is 1. The number of hydrogen-bond acceptors (Lipinski definition) is 9. The summed E-state index contributed by atoms with van der Waals surface area (Å²) in [5.41, 5.74) is 3.38. The number of aromatic nitrogens is 3. The highest BCUT2D eigenvalue weighted by molar-refractivity contribution is 5.90. The van der Waals surface area contributed by atoms with Crippen molar-refractivity contribution in [2.45, 2.75) is 40.5 Å². The molecular weight excluding hydrogens is 478 g/mol. The lowest BCUT2D eigenvalue weighted by molar-refractivity contribution is 0.273. The first-order valence-corrected chi connectivity index (χ1v) is 13.3. The number of nitrogens with zero attached hydrogens (tertiary/aromatic N) is 6. The molecule has 9 heteroatoms. The highest BCUT2D eigenvalue weighted by Gasteiger charge is 2.23. The van der Waals surface area contributed by atoms with Gasteiger partial charge in [-0.25, -0.2) is 15.0 Å². The number of pyridine rings is 1. The summed E-state index contributed by atoms with van der Waals surface area (Å²) >= 11 is 0. The molecule has 1 N–H and O–H groups in total. The van der Waals surface area contributed by atoms with Gasteiger partial charge in [-0.3, -0.25) is 5.01 Å². The second kappa shape index (κ2) is 11.5. The number of benzene rings is 1. The first-order valence-electron chi connectivity index (χ1n) is 13.3. The Hall–Kier alpha value is -4.14. The molecule has 2 aliphatic rings. The monoisotopic (exact) mass is 513 g/mol. The third-order valence-electron chi connectivity index (χ3n) is 6.51. The Morgan fingerprint density at radius 3 is 2.92 bits per heavy atom. The molecule has 4 heterocycles. The highest BCUT2D eigenvalue weighted by atomic mass is 16.5. The van der Waals surface area contributed by atoms with E-state index in [-0.39, 0.29) is 0 Å². The number of hydrazone groups is 1. The zero-order valence-corrected chi connectivity index (χ0v) is 22.5. The molecule has 0 fully saturated rings. The summed E-state index contributed by atoms with van der Waals surface area (Å²) in [4.78, 5) is 16.4. The normalized spacial score (nSPS) is 17.3. The van der Waals surface area contributed by atoms with Gasteiger partial charge in [-0.15, -0.1) is 0 Å². The van der Waals surface area contributed by atoms with Crippen LogP contribution in [0.1, 0.15) is 39.2 Å². The van der Waals surface area contributed by atoms with Crippen LogP contribution >= 0.6 is 0 Å². The molecule has 0 saturated carbocycles. The lowest BCUT2D eigenvalue weighted by Gasteiger charge is -2.24. The van der Waals surface area contributed by atoms with Gasteiger partial charge in [-0.1, -0.05) is 20.3 Å². The fourth-order valence-corrected chi connectivity index (χ4v) is 4.56. The molecule has 3 aromatic rings. The minimum absolute atomic E-state index is 0.417. The molecule has 38 heavy (non-hydrogen) atoms. The summed E-state index contributed by atoms with van der Waals surface area (Å²) < 4.78 is 12.3.